The quantitative estimate of drug-likeness (QED) is 0.348. The summed E-state index contributed by atoms with van der Waals surface area (Å²) in [6.07, 6.45) is 4.17. The molecule has 0 bridgehead atoms. The molecular formula is C22H15N. The molecule has 1 aromatic heterocycles. The lowest BCUT2D eigenvalue weighted by molar-refractivity contribution is 1.11. The minimum Gasteiger partial charge on any atom is -0.309 e. The second-order valence-electron chi connectivity index (χ2n) is 6.14. The smallest absolute Gasteiger partial charge is 0.0624 e. The summed E-state index contributed by atoms with van der Waals surface area (Å²) in [4.78, 5) is 0. The molecule has 0 radical (unpaired) electrons. The second kappa shape index (κ2) is 4.49. The molecule has 23 heavy (non-hydrogen) atoms. The average Bonchev–Trinajstić information content (AvgIpc) is 3.14. The van der Waals surface area contributed by atoms with Gasteiger partial charge in [-0.25, -0.2) is 0 Å². The molecule has 0 unspecified atom stereocenters. The molecule has 1 heterocycles. The Morgan fingerprint density at radius 1 is 0.826 bits per heavy atom. The molecule has 1 nitrogen and oxygen atoms in total. The van der Waals surface area contributed by atoms with Crippen molar-refractivity contribution in [1.82, 2.24) is 4.57 Å². The van der Waals surface area contributed by atoms with Gasteiger partial charge in [0.15, 0.2) is 0 Å². The van der Waals surface area contributed by atoms with Crippen LogP contribution in [0.5, 0.6) is 0 Å². The van der Waals surface area contributed by atoms with Crippen molar-refractivity contribution in [1.29, 1.82) is 0 Å². The monoisotopic (exact) mass is 293 g/mol. The Morgan fingerprint density at radius 2 is 1.70 bits per heavy atom. The Kier molecular flexibility index (Phi) is 2.44. The maximum Gasteiger partial charge on any atom is 0.0624 e. The SMILES string of the molecule is Cc1ccc2c3c(n(-c4ccc5ccccc5c4)c2c1)C=C=C3. The number of rotatable bonds is 1. The molecule has 1 aliphatic rings. The molecular weight excluding hydrogens is 278 g/mol. The number of benzene rings is 3. The van der Waals surface area contributed by atoms with Crippen LogP contribution in [0, 0.1) is 6.92 Å². The minimum atomic E-state index is 1.20. The molecule has 0 saturated carbocycles. The summed E-state index contributed by atoms with van der Waals surface area (Å²) in [7, 11) is 0. The predicted molar refractivity (Wildman–Crippen MR) is 98.0 cm³/mol. The fourth-order valence-electron chi connectivity index (χ4n) is 3.53. The number of hydrogen-bond acceptors (Lipinski definition) is 0. The second-order valence-corrected chi connectivity index (χ2v) is 6.14. The van der Waals surface area contributed by atoms with Crippen LogP contribution >= 0.6 is 0 Å². The Bertz CT molecular complexity index is 1150. The van der Waals surface area contributed by atoms with Gasteiger partial charge in [-0.3, -0.25) is 0 Å². The molecule has 108 valence electrons. The van der Waals surface area contributed by atoms with Gasteiger partial charge in [0.05, 0.1) is 11.2 Å². The van der Waals surface area contributed by atoms with E-state index in [1.54, 1.807) is 0 Å². The van der Waals surface area contributed by atoms with Crippen LogP contribution in [-0.2, 0) is 0 Å². The molecule has 5 rings (SSSR count). The zero-order chi connectivity index (χ0) is 15.4. The van der Waals surface area contributed by atoms with E-state index in [4.69, 9.17) is 0 Å². The molecule has 4 aromatic rings. The summed E-state index contributed by atoms with van der Waals surface area (Å²) in [5.74, 6) is 0. The van der Waals surface area contributed by atoms with Crippen molar-refractivity contribution in [3.8, 4) is 5.69 Å². The largest absolute Gasteiger partial charge is 0.309 e. The van der Waals surface area contributed by atoms with Crippen LogP contribution < -0.4 is 0 Å². The van der Waals surface area contributed by atoms with Crippen LogP contribution in [-0.4, -0.2) is 4.57 Å². The van der Waals surface area contributed by atoms with E-state index in [1.807, 2.05) is 0 Å². The third kappa shape index (κ3) is 1.75. The summed E-state index contributed by atoms with van der Waals surface area (Å²) < 4.78 is 2.35. The first-order chi connectivity index (χ1) is 11.3. The van der Waals surface area contributed by atoms with Crippen LogP contribution in [0.1, 0.15) is 16.8 Å². The Balaban J connectivity index is 1.88. The molecule has 0 saturated heterocycles. The third-order valence-electron chi connectivity index (χ3n) is 4.64. The number of aromatic nitrogens is 1. The van der Waals surface area contributed by atoms with E-state index in [-0.39, 0.29) is 0 Å². The Morgan fingerprint density at radius 3 is 2.61 bits per heavy atom. The van der Waals surface area contributed by atoms with Gasteiger partial charge in [0, 0.05) is 22.7 Å². The van der Waals surface area contributed by atoms with E-state index in [0.717, 1.165) is 0 Å². The van der Waals surface area contributed by atoms with Gasteiger partial charge >= 0.3 is 0 Å². The first-order valence-electron chi connectivity index (χ1n) is 7.88. The van der Waals surface area contributed by atoms with E-state index in [1.165, 1.54) is 44.2 Å². The zero-order valence-electron chi connectivity index (χ0n) is 12.9. The summed E-state index contributed by atoms with van der Waals surface area (Å²) in [6.45, 7) is 2.15. The summed E-state index contributed by atoms with van der Waals surface area (Å²) >= 11 is 0. The fraction of sp³-hybridized carbons (Fsp3) is 0.0455. The van der Waals surface area contributed by atoms with Crippen molar-refractivity contribution in [2.24, 2.45) is 0 Å². The van der Waals surface area contributed by atoms with Gasteiger partial charge in [0.25, 0.3) is 0 Å². The lowest BCUT2D eigenvalue weighted by Crippen LogP contribution is -1.96. The van der Waals surface area contributed by atoms with E-state index < -0.39 is 0 Å². The lowest BCUT2D eigenvalue weighted by Gasteiger charge is -2.10. The highest BCUT2D eigenvalue weighted by Crippen LogP contribution is 2.34. The summed E-state index contributed by atoms with van der Waals surface area (Å²) in [5.41, 5.74) is 9.49. The van der Waals surface area contributed by atoms with Gasteiger partial charge < -0.3 is 4.57 Å². The van der Waals surface area contributed by atoms with Crippen LogP contribution in [0.25, 0.3) is 39.5 Å². The predicted octanol–water partition coefficient (Wildman–Crippen LogP) is 5.73. The van der Waals surface area contributed by atoms with Gasteiger partial charge in [-0.2, -0.15) is 0 Å². The van der Waals surface area contributed by atoms with Gasteiger partial charge in [0.1, 0.15) is 0 Å². The summed E-state index contributed by atoms with van der Waals surface area (Å²) in [5, 5.41) is 3.83. The van der Waals surface area contributed by atoms with Crippen LogP contribution in [0.3, 0.4) is 0 Å². The standard InChI is InChI=1S/C22H15N/c1-15-9-12-20-19-7-4-8-21(19)23(22(20)13-15)18-11-10-16-5-2-3-6-17(16)14-18/h2-3,5-14H,1H3. The Hall–Kier alpha value is -3.02. The maximum atomic E-state index is 3.25. The van der Waals surface area contributed by atoms with Gasteiger partial charge in [-0.1, -0.05) is 42.5 Å². The average molecular weight is 293 g/mol. The van der Waals surface area contributed by atoms with Gasteiger partial charge in [-0.15, -0.1) is 5.73 Å². The van der Waals surface area contributed by atoms with E-state index in [2.05, 4.69) is 90.0 Å². The first kappa shape index (κ1) is 12.5. The van der Waals surface area contributed by atoms with Crippen molar-refractivity contribution in [3.05, 3.63) is 83.2 Å². The highest BCUT2D eigenvalue weighted by molar-refractivity contribution is 5.98. The van der Waals surface area contributed by atoms with Crippen molar-refractivity contribution < 1.29 is 0 Å². The molecule has 0 amide bonds. The van der Waals surface area contributed by atoms with E-state index in [9.17, 15) is 0 Å². The number of fused-ring (bicyclic) bond motifs is 4. The molecule has 0 N–H and O–H groups in total. The number of nitrogens with zero attached hydrogens (tertiary/aromatic N) is 1. The molecule has 3 aromatic carbocycles. The first-order valence-corrected chi connectivity index (χ1v) is 7.88. The van der Waals surface area contributed by atoms with Crippen LogP contribution in [0.4, 0.5) is 0 Å². The van der Waals surface area contributed by atoms with Crippen molar-refractivity contribution in [3.63, 3.8) is 0 Å². The maximum absolute atomic E-state index is 3.25. The Labute approximate surface area is 134 Å². The molecule has 0 atom stereocenters. The lowest BCUT2D eigenvalue weighted by atomic mass is 10.1. The van der Waals surface area contributed by atoms with Gasteiger partial charge in [0.2, 0.25) is 0 Å². The molecule has 0 fully saturated rings. The van der Waals surface area contributed by atoms with Gasteiger partial charge in [-0.05, 0) is 47.5 Å². The fourth-order valence-corrected chi connectivity index (χ4v) is 3.53. The molecule has 1 heteroatoms. The summed E-state index contributed by atoms with van der Waals surface area (Å²) in [6, 6.07) is 21.8. The van der Waals surface area contributed by atoms with Crippen molar-refractivity contribution in [2.45, 2.75) is 6.92 Å². The molecule has 0 aliphatic heterocycles. The van der Waals surface area contributed by atoms with Crippen molar-refractivity contribution >= 4 is 33.8 Å². The third-order valence-corrected chi connectivity index (χ3v) is 4.64. The number of hydrogen-bond donors (Lipinski definition) is 0. The molecule has 0 spiro atoms. The zero-order valence-corrected chi connectivity index (χ0v) is 12.9. The van der Waals surface area contributed by atoms with E-state index in [0.29, 0.717) is 0 Å². The van der Waals surface area contributed by atoms with Crippen molar-refractivity contribution in [2.75, 3.05) is 0 Å². The highest BCUT2D eigenvalue weighted by Gasteiger charge is 2.17. The van der Waals surface area contributed by atoms with E-state index >= 15 is 0 Å². The minimum absolute atomic E-state index is 1.20. The normalized spacial score (nSPS) is 12.4. The molecule has 1 aliphatic carbocycles. The number of aryl methyl sites for hydroxylation is 1. The topological polar surface area (TPSA) is 4.93 Å². The van der Waals surface area contributed by atoms with Crippen LogP contribution in [0.2, 0.25) is 0 Å². The van der Waals surface area contributed by atoms with Crippen LogP contribution in [0.15, 0.2) is 66.4 Å². The highest BCUT2D eigenvalue weighted by atomic mass is 15.0.